The van der Waals surface area contributed by atoms with Crippen molar-refractivity contribution in [3.8, 4) is 11.1 Å². The molecule has 0 aromatic heterocycles. The number of carboxylic acid groups (broad SMARTS) is 2. The number of hydrogen-bond donors (Lipinski definition) is 8. The van der Waals surface area contributed by atoms with Gasteiger partial charge in [-0.15, -0.1) is 0 Å². The Balaban J connectivity index is 1.24. The number of hydrogen-bond acceptors (Lipinski definition) is 13. The average molecular weight is 860 g/mol. The van der Waals surface area contributed by atoms with Gasteiger partial charge in [0.05, 0.1) is 29.3 Å². The number of benzene rings is 4. The molecule has 0 saturated carbocycles. The standard InChI is InChI=1S/C44H41N7O8S2/c52-39(15-17-51(18-20-61)25-40(53)45-16-19-60)46-24-27-21-29(48-50-38-23-36(44(58)59)42(55)34-8-4-2-6-32(34)38)13-14-30(27)26-9-11-28(12-10-26)47-49-37-22-35(43(56)57)41(54)33-7-3-1-5-31(33)37/h1-14,21-23,47-48,60-61H,15-20,24-25H2,(H,45,53)(H,46,52)(H,56,57)(H,58,59)/b49-37+,50-38-. The second kappa shape index (κ2) is 20.4. The van der Waals surface area contributed by atoms with Crippen LogP contribution >= 0.6 is 25.3 Å². The molecule has 0 spiro atoms. The number of carbonyl (C=O) groups excluding carboxylic acids is 4. The van der Waals surface area contributed by atoms with Crippen molar-refractivity contribution in [1.82, 2.24) is 15.5 Å². The van der Waals surface area contributed by atoms with Crippen LogP contribution in [0.4, 0.5) is 11.4 Å². The van der Waals surface area contributed by atoms with Gasteiger partial charge in [0.15, 0.2) is 0 Å². The summed E-state index contributed by atoms with van der Waals surface area (Å²) in [4.78, 5) is 76.6. The SMILES string of the molecule is O=C(CCN(CCS)CC(=O)NCCS)NCc1cc(N/N=C2/C=C(C(=O)O)C(=O)c3ccccc32)ccc1-c1ccc(N/N=C2\C=C(C(=O)O)C(=O)c3ccccc32)cc1. The topological polar surface area (TPSA) is 219 Å². The number of carbonyl (C=O) groups is 6. The number of amides is 2. The van der Waals surface area contributed by atoms with Crippen LogP contribution in [-0.4, -0.2) is 99.5 Å². The smallest absolute Gasteiger partial charge is 0.339 e. The predicted molar refractivity (Wildman–Crippen MR) is 239 cm³/mol. The van der Waals surface area contributed by atoms with E-state index in [0.29, 0.717) is 59.2 Å². The third-order valence-corrected chi connectivity index (χ3v) is 10.1. The van der Waals surface area contributed by atoms with E-state index in [2.05, 4.69) is 56.9 Å². The van der Waals surface area contributed by atoms with E-state index in [9.17, 15) is 39.0 Å². The van der Waals surface area contributed by atoms with Crippen molar-refractivity contribution < 1.29 is 39.0 Å². The van der Waals surface area contributed by atoms with Gasteiger partial charge in [0.25, 0.3) is 0 Å². The molecule has 0 unspecified atom stereocenters. The zero-order valence-electron chi connectivity index (χ0n) is 32.6. The number of thiol groups is 2. The highest BCUT2D eigenvalue weighted by Gasteiger charge is 2.29. The molecule has 61 heavy (non-hydrogen) atoms. The third-order valence-electron chi connectivity index (χ3n) is 9.67. The Hall–Kier alpha value is -6.82. The van der Waals surface area contributed by atoms with Crippen LogP contribution in [0.1, 0.15) is 43.8 Å². The first-order chi connectivity index (χ1) is 29.5. The molecule has 17 heteroatoms. The number of nitrogens with one attached hydrogen (secondary N) is 4. The summed E-state index contributed by atoms with van der Waals surface area (Å²) in [5, 5.41) is 34.0. The van der Waals surface area contributed by atoms with Crippen LogP contribution < -0.4 is 21.5 Å². The minimum atomic E-state index is -1.37. The van der Waals surface area contributed by atoms with E-state index in [0.717, 1.165) is 11.1 Å². The molecule has 0 heterocycles. The van der Waals surface area contributed by atoms with Crippen LogP contribution in [0.3, 0.4) is 0 Å². The quantitative estimate of drug-likeness (QED) is 0.0390. The Labute approximate surface area is 361 Å². The highest BCUT2D eigenvalue weighted by molar-refractivity contribution is 7.80. The lowest BCUT2D eigenvalue weighted by atomic mass is 9.89. The fraction of sp³-hybridized carbons (Fsp3) is 0.182. The van der Waals surface area contributed by atoms with E-state index >= 15 is 0 Å². The van der Waals surface area contributed by atoms with E-state index in [-0.39, 0.29) is 59.4 Å². The molecule has 0 fully saturated rings. The number of allylic oxidation sites excluding steroid dienone is 2. The molecule has 4 aromatic carbocycles. The molecule has 6 rings (SSSR count). The molecule has 2 aliphatic carbocycles. The lowest BCUT2D eigenvalue weighted by Crippen LogP contribution is -2.40. The number of hydrazone groups is 2. The molecule has 0 radical (unpaired) electrons. The maximum Gasteiger partial charge on any atom is 0.339 e. The monoisotopic (exact) mass is 859 g/mol. The summed E-state index contributed by atoms with van der Waals surface area (Å²) in [5.74, 6) is -3.32. The van der Waals surface area contributed by atoms with Crippen LogP contribution in [0.2, 0.25) is 0 Å². The number of carboxylic acids is 2. The zero-order chi connectivity index (χ0) is 43.5. The Morgan fingerprint density at radius 3 is 1.69 bits per heavy atom. The second-order valence-corrected chi connectivity index (χ2v) is 14.6. The number of Topliss-reactive ketones (excluding diaryl/α,β-unsaturated/α-hetero) is 2. The summed E-state index contributed by atoms with van der Waals surface area (Å²) in [6, 6.07) is 25.9. The summed E-state index contributed by atoms with van der Waals surface area (Å²) in [6.45, 7) is 1.51. The molecular weight excluding hydrogens is 819 g/mol. The fourth-order valence-electron chi connectivity index (χ4n) is 6.63. The van der Waals surface area contributed by atoms with Crippen LogP contribution in [0.25, 0.3) is 11.1 Å². The lowest BCUT2D eigenvalue weighted by Gasteiger charge is -2.20. The molecular formula is C44H41N7O8S2. The van der Waals surface area contributed by atoms with Crippen molar-refractivity contribution in [2.24, 2.45) is 10.2 Å². The van der Waals surface area contributed by atoms with Crippen LogP contribution in [0.5, 0.6) is 0 Å². The molecule has 4 aromatic rings. The van der Waals surface area contributed by atoms with Gasteiger partial charge < -0.3 is 20.8 Å². The van der Waals surface area contributed by atoms with Crippen LogP contribution in [0, 0.1) is 0 Å². The van der Waals surface area contributed by atoms with Crippen molar-refractivity contribution in [3.05, 3.63) is 142 Å². The molecule has 0 bridgehead atoms. The predicted octanol–water partition coefficient (Wildman–Crippen LogP) is 4.68. The van der Waals surface area contributed by atoms with Gasteiger partial charge in [-0.05, 0) is 53.1 Å². The molecule has 0 aliphatic heterocycles. The number of anilines is 2. The van der Waals surface area contributed by atoms with Gasteiger partial charge in [-0.25, -0.2) is 9.59 Å². The molecule has 0 atom stereocenters. The molecule has 2 amide bonds. The summed E-state index contributed by atoms with van der Waals surface area (Å²) in [6.07, 6.45) is 2.59. The largest absolute Gasteiger partial charge is 0.478 e. The Morgan fingerprint density at radius 2 is 1.15 bits per heavy atom. The first-order valence-corrected chi connectivity index (χ1v) is 20.3. The third kappa shape index (κ3) is 10.9. The van der Waals surface area contributed by atoms with Gasteiger partial charge in [-0.2, -0.15) is 35.5 Å². The van der Waals surface area contributed by atoms with Gasteiger partial charge in [-0.1, -0.05) is 66.7 Å². The van der Waals surface area contributed by atoms with Gasteiger partial charge in [-0.3, -0.25) is 34.9 Å². The molecule has 15 nitrogen and oxygen atoms in total. The number of nitrogens with zero attached hydrogens (tertiary/aromatic N) is 3. The Bertz CT molecular complexity index is 2520. The summed E-state index contributed by atoms with van der Waals surface area (Å²) >= 11 is 8.42. The number of fused-ring (bicyclic) bond motifs is 2. The number of ketones is 2. The Morgan fingerprint density at radius 1 is 0.607 bits per heavy atom. The Kier molecular flexibility index (Phi) is 14.7. The van der Waals surface area contributed by atoms with Gasteiger partial charge in [0.1, 0.15) is 11.1 Å². The maximum absolute atomic E-state index is 13.2. The molecule has 2 aliphatic rings. The normalized spacial score (nSPS) is 14.5. The summed E-state index contributed by atoms with van der Waals surface area (Å²) < 4.78 is 0. The maximum atomic E-state index is 13.2. The first-order valence-electron chi connectivity index (χ1n) is 19.0. The second-order valence-electron chi connectivity index (χ2n) is 13.7. The summed E-state index contributed by atoms with van der Waals surface area (Å²) in [7, 11) is 0. The van der Waals surface area contributed by atoms with E-state index in [1.54, 1.807) is 72.8 Å². The minimum absolute atomic E-state index is 0.111. The highest BCUT2D eigenvalue weighted by atomic mass is 32.1. The van der Waals surface area contributed by atoms with Crippen LogP contribution in [-0.2, 0) is 25.7 Å². The summed E-state index contributed by atoms with van der Waals surface area (Å²) in [5.41, 5.74) is 10.4. The van der Waals surface area contributed by atoms with Crippen molar-refractivity contribution >= 4 is 83.4 Å². The number of rotatable bonds is 18. The zero-order valence-corrected chi connectivity index (χ0v) is 34.3. The average Bonchev–Trinajstić information content (AvgIpc) is 3.26. The van der Waals surface area contributed by atoms with Crippen molar-refractivity contribution in [3.63, 3.8) is 0 Å². The highest BCUT2D eigenvalue weighted by Crippen LogP contribution is 2.29. The first kappa shape index (κ1) is 43.8. The molecule has 312 valence electrons. The molecule has 6 N–H and O–H groups in total. The lowest BCUT2D eigenvalue weighted by molar-refractivity contribution is -0.133. The van der Waals surface area contributed by atoms with Crippen molar-refractivity contribution in [2.45, 2.75) is 13.0 Å². The van der Waals surface area contributed by atoms with Crippen molar-refractivity contribution in [2.75, 3.05) is 48.5 Å². The van der Waals surface area contributed by atoms with E-state index in [1.807, 2.05) is 23.1 Å². The van der Waals surface area contributed by atoms with Gasteiger partial charge in [0.2, 0.25) is 23.4 Å². The fourth-order valence-corrected chi connectivity index (χ4v) is 7.03. The molecule has 0 saturated heterocycles. The van der Waals surface area contributed by atoms with E-state index in [1.165, 1.54) is 12.2 Å². The van der Waals surface area contributed by atoms with Gasteiger partial charge >= 0.3 is 11.9 Å². The van der Waals surface area contributed by atoms with Crippen molar-refractivity contribution in [1.29, 1.82) is 0 Å². The van der Waals surface area contributed by atoms with Gasteiger partial charge in [0, 0.05) is 66.4 Å². The van der Waals surface area contributed by atoms with E-state index in [4.69, 9.17) is 0 Å². The van der Waals surface area contributed by atoms with Crippen LogP contribution in [0.15, 0.2) is 124 Å². The number of aliphatic carboxylic acids is 2. The van der Waals surface area contributed by atoms with E-state index < -0.39 is 29.1 Å². The minimum Gasteiger partial charge on any atom is -0.478 e.